The van der Waals surface area contributed by atoms with Crippen LogP contribution in [0.25, 0.3) is 0 Å². The Morgan fingerprint density at radius 2 is 1.73 bits per heavy atom. The topological polar surface area (TPSA) is 77.4 Å². The standard InChI is InChI=1S/C17H31NO4/c1-5-6-7-8-9-10-11-12-15(19)17(22,13-16(20)21)14-18(2,3)4/h11-12,22H,5-10,13-14H2,1-4H3/t17-/m1/s1. The Morgan fingerprint density at radius 3 is 2.23 bits per heavy atom. The highest BCUT2D eigenvalue weighted by Crippen LogP contribution is 2.17. The Hall–Kier alpha value is -1.20. The van der Waals surface area contributed by atoms with Gasteiger partial charge >= 0.3 is 0 Å². The molecular weight excluding hydrogens is 282 g/mol. The normalized spacial score (nSPS) is 15.0. The van der Waals surface area contributed by atoms with Crippen LogP contribution in [-0.4, -0.2) is 54.6 Å². The van der Waals surface area contributed by atoms with E-state index in [1.807, 2.05) is 0 Å². The van der Waals surface area contributed by atoms with Crippen LogP contribution in [0.3, 0.4) is 0 Å². The summed E-state index contributed by atoms with van der Waals surface area (Å²) in [7, 11) is 5.39. The van der Waals surface area contributed by atoms with Gasteiger partial charge in [-0.3, -0.25) is 4.79 Å². The number of allylic oxidation sites excluding steroid dienone is 1. The van der Waals surface area contributed by atoms with E-state index in [0.29, 0.717) is 4.48 Å². The van der Waals surface area contributed by atoms with Crippen LogP contribution in [0.4, 0.5) is 0 Å². The average molecular weight is 313 g/mol. The highest BCUT2D eigenvalue weighted by Gasteiger charge is 2.39. The van der Waals surface area contributed by atoms with Crippen LogP contribution in [-0.2, 0) is 9.59 Å². The van der Waals surface area contributed by atoms with Crippen LogP contribution in [0.2, 0.25) is 0 Å². The van der Waals surface area contributed by atoms with Crippen molar-refractivity contribution in [3.05, 3.63) is 12.2 Å². The molecule has 0 unspecified atom stereocenters. The molecule has 5 heteroatoms. The van der Waals surface area contributed by atoms with Crippen LogP contribution < -0.4 is 5.11 Å². The van der Waals surface area contributed by atoms with Crippen molar-refractivity contribution >= 4 is 11.8 Å². The van der Waals surface area contributed by atoms with E-state index in [9.17, 15) is 19.8 Å². The van der Waals surface area contributed by atoms with Crippen molar-refractivity contribution < 1.29 is 24.3 Å². The van der Waals surface area contributed by atoms with E-state index in [0.717, 1.165) is 19.3 Å². The number of carbonyl (C=O) groups is 2. The molecule has 0 aliphatic carbocycles. The zero-order valence-electron chi connectivity index (χ0n) is 14.4. The Labute approximate surface area is 134 Å². The molecule has 0 saturated carbocycles. The number of hydrogen-bond donors (Lipinski definition) is 1. The largest absolute Gasteiger partial charge is 0.550 e. The predicted octanol–water partition coefficient (Wildman–Crippen LogP) is 1.05. The van der Waals surface area contributed by atoms with E-state index < -0.39 is 23.8 Å². The van der Waals surface area contributed by atoms with E-state index in [1.54, 1.807) is 27.2 Å². The number of carboxylic acids is 1. The Balaban J connectivity index is 4.54. The third-order valence-corrected chi connectivity index (χ3v) is 3.37. The van der Waals surface area contributed by atoms with Crippen LogP contribution in [0.1, 0.15) is 51.9 Å². The minimum atomic E-state index is -1.91. The first-order valence-corrected chi connectivity index (χ1v) is 8.04. The third-order valence-electron chi connectivity index (χ3n) is 3.37. The summed E-state index contributed by atoms with van der Waals surface area (Å²) in [6, 6.07) is 0. The lowest BCUT2D eigenvalue weighted by atomic mass is 9.92. The number of carboxylic acid groups (broad SMARTS) is 1. The molecule has 0 radical (unpaired) electrons. The Bertz CT molecular complexity index is 385. The highest BCUT2D eigenvalue weighted by atomic mass is 16.4. The molecule has 0 aromatic heterocycles. The van der Waals surface area contributed by atoms with E-state index in [-0.39, 0.29) is 6.54 Å². The third kappa shape index (κ3) is 9.68. The molecule has 22 heavy (non-hydrogen) atoms. The maximum absolute atomic E-state index is 12.2. The van der Waals surface area contributed by atoms with Gasteiger partial charge < -0.3 is 19.5 Å². The number of hydrogen-bond acceptors (Lipinski definition) is 4. The van der Waals surface area contributed by atoms with E-state index >= 15 is 0 Å². The maximum atomic E-state index is 12.2. The molecule has 1 N–H and O–H groups in total. The van der Waals surface area contributed by atoms with E-state index in [4.69, 9.17) is 0 Å². The number of quaternary nitrogens is 1. The number of likely N-dealkylation sites (N-methyl/N-ethyl adjacent to an activating group) is 1. The molecule has 0 spiro atoms. The number of rotatable bonds is 12. The lowest BCUT2D eigenvalue weighted by molar-refractivity contribution is -0.875. The second-order valence-corrected chi connectivity index (χ2v) is 7.00. The van der Waals surface area contributed by atoms with Gasteiger partial charge in [0.15, 0.2) is 11.4 Å². The second kappa shape index (κ2) is 9.74. The fraction of sp³-hybridized carbons (Fsp3) is 0.765. The molecule has 0 amide bonds. The molecule has 128 valence electrons. The SMILES string of the molecule is CCCCCCCC=CC(=O)[C@@](O)(CC(=O)[O-])C[N+](C)(C)C. The van der Waals surface area contributed by atoms with Crippen LogP contribution >= 0.6 is 0 Å². The number of carbonyl (C=O) groups excluding carboxylic acids is 2. The van der Waals surface area contributed by atoms with E-state index in [2.05, 4.69) is 6.92 Å². The summed E-state index contributed by atoms with van der Waals surface area (Å²) < 4.78 is 0.292. The minimum Gasteiger partial charge on any atom is -0.550 e. The van der Waals surface area contributed by atoms with Gasteiger partial charge in [-0.05, 0) is 18.9 Å². The molecule has 0 fully saturated rings. The van der Waals surface area contributed by atoms with Crippen molar-refractivity contribution in [2.75, 3.05) is 27.7 Å². The molecule has 0 saturated heterocycles. The van der Waals surface area contributed by atoms with Crippen molar-refractivity contribution in [1.29, 1.82) is 0 Å². The minimum absolute atomic E-state index is 0.0284. The summed E-state index contributed by atoms with van der Waals surface area (Å²) in [4.78, 5) is 23.0. The fourth-order valence-electron chi connectivity index (χ4n) is 2.46. The molecule has 0 heterocycles. The highest BCUT2D eigenvalue weighted by molar-refractivity contribution is 5.99. The predicted molar refractivity (Wildman–Crippen MR) is 85.0 cm³/mol. The number of aliphatic carboxylic acids is 1. The molecule has 0 aliphatic rings. The molecule has 1 atom stereocenters. The quantitative estimate of drug-likeness (QED) is 0.332. The lowest BCUT2D eigenvalue weighted by Crippen LogP contribution is -2.55. The summed E-state index contributed by atoms with van der Waals surface area (Å²) in [5.41, 5.74) is -1.91. The van der Waals surface area contributed by atoms with E-state index in [1.165, 1.54) is 25.3 Å². The van der Waals surface area contributed by atoms with Gasteiger partial charge in [0.2, 0.25) is 0 Å². The number of ketones is 1. The van der Waals surface area contributed by atoms with Crippen molar-refractivity contribution in [1.82, 2.24) is 0 Å². The first-order chi connectivity index (χ1) is 10.1. The summed E-state index contributed by atoms with van der Waals surface area (Å²) in [5.74, 6) is -1.98. The second-order valence-electron chi connectivity index (χ2n) is 7.00. The summed E-state index contributed by atoms with van der Waals surface area (Å²) in [6.45, 7) is 2.19. The first kappa shape index (κ1) is 20.8. The Morgan fingerprint density at radius 1 is 1.14 bits per heavy atom. The number of nitrogens with zero attached hydrogens (tertiary/aromatic N) is 1. The van der Waals surface area contributed by atoms with Gasteiger partial charge in [-0.15, -0.1) is 0 Å². The van der Waals surface area contributed by atoms with Crippen molar-refractivity contribution in [2.24, 2.45) is 0 Å². The molecule has 0 aromatic rings. The summed E-state index contributed by atoms with van der Waals surface area (Å²) in [6.07, 6.45) is 8.85. The van der Waals surface area contributed by atoms with Gasteiger partial charge in [-0.2, -0.15) is 0 Å². The van der Waals surface area contributed by atoms with Crippen LogP contribution in [0, 0.1) is 0 Å². The lowest BCUT2D eigenvalue weighted by Gasteiger charge is -2.34. The summed E-state index contributed by atoms with van der Waals surface area (Å²) in [5, 5.41) is 21.2. The molecule has 0 aliphatic heterocycles. The molecular formula is C17H31NO4. The first-order valence-electron chi connectivity index (χ1n) is 8.04. The zero-order valence-corrected chi connectivity index (χ0v) is 14.4. The number of aliphatic hydroxyl groups is 1. The van der Waals surface area contributed by atoms with Crippen LogP contribution in [0.5, 0.6) is 0 Å². The molecule has 0 rings (SSSR count). The monoisotopic (exact) mass is 313 g/mol. The van der Waals surface area contributed by atoms with Crippen molar-refractivity contribution in [3.63, 3.8) is 0 Å². The zero-order chi connectivity index (χ0) is 17.2. The van der Waals surface area contributed by atoms with Crippen LogP contribution in [0.15, 0.2) is 12.2 Å². The molecule has 5 nitrogen and oxygen atoms in total. The number of unbranched alkanes of at least 4 members (excludes halogenated alkanes) is 5. The van der Waals surface area contributed by atoms with Gasteiger partial charge in [0.25, 0.3) is 0 Å². The summed E-state index contributed by atoms with van der Waals surface area (Å²) >= 11 is 0. The fourth-order valence-corrected chi connectivity index (χ4v) is 2.46. The van der Waals surface area contributed by atoms with Gasteiger partial charge in [0.1, 0.15) is 6.54 Å². The molecule has 0 bridgehead atoms. The molecule has 0 aromatic carbocycles. The average Bonchev–Trinajstić information content (AvgIpc) is 2.34. The van der Waals surface area contributed by atoms with Gasteiger partial charge in [0, 0.05) is 12.4 Å². The van der Waals surface area contributed by atoms with Gasteiger partial charge in [-0.1, -0.05) is 38.7 Å². The van der Waals surface area contributed by atoms with Crippen molar-refractivity contribution in [2.45, 2.75) is 57.5 Å². The van der Waals surface area contributed by atoms with Gasteiger partial charge in [0.05, 0.1) is 21.1 Å². The Kier molecular flexibility index (Phi) is 9.21. The maximum Gasteiger partial charge on any atom is 0.193 e. The van der Waals surface area contributed by atoms with Crippen molar-refractivity contribution in [3.8, 4) is 0 Å². The van der Waals surface area contributed by atoms with Gasteiger partial charge in [-0.25, -0.2) is 0 Å². The smallest absolute Gasteiger partial charge is 0.193 e.